The first-order valence-corrected chi connectivity index (χ1v) is 9.17. The van der Waals surface area contributed by atoms with Crippen LogP contribution in [0, 0.1) is 0 Å². The zero-order chi connectivity index (χ0) is 17.6. The van der Waals surface area contributed by atoms with Gasteiger partial charge in [0.15, 0.2) is 5.16 Å². The molecule has 3 rings (SSSR count). The van der Waals surface area contributed by atoms with Gasteiger partial charge in [-0.1, -0.05) is 66.4 Å². The Bertz CT molecular complexity index is 828. The third kappa shape index (κ3) is 4.51. The Kier molecular flexibility index (Phi) is 5.56. The van der Waals surface area contributed by atoms with Crippen molar-refractivity contribution < 1.29 is 4.79 Å². The molecule has 0 aliphatic carbocycles. The Hall–Kier alpha value is -2.53. The minimum absolute atomic E-state index is 0.00707. The lowest BCUT2D eigenvalue weighted by atomic mass is 10.0. The van der Waals surface area contributed by atoms with Gasteiger partial charge in [0.05, 0.1) is 11.8 Å². The molecule has 0 spiro atoms. The maximum absolute atomic E-state index is 12.2. The van der Waals surface area contributed by atoms with E-state index in [1.165, 1.54) is 22.9 Å². The van der Waals surface area contributed by atoms with E-state index in [1.54, 1.807) is 6.20 Å². The highest BCUT2D eigenvalue weighted by molar-refractivity contribution is 7.99. The average molecular weight is 351 g/mol. The van der Waals surface area contributed by atoms with E-state index in [0.29, 0.717) is 5.75 Å². The molecule has 0 saturated carbocycles. The number of aryl methyl sites for hydroxylation is 1. The fraction of sp³-hybridized carbons (Fsp3) is 0.200. The second-order valence-corrected chi connectivity index (χ2v) is 6.83. The topological polar surface area (TPSA) is 46.9 Å². The van der Waals surface area contributed by atoms with Gasteiger partial charge in [-0.3, -0.25) is 4.79 Å². The molecule has 25 heavy (non-hydrogen) atoms. The van der Waals surface area contributed by atoms with Gasteiger partial charge in [0.25, 0.3) is 0 Å². The number of carbonyl (C=O) groups excluding carboxylic acids is 1. The normalized spacial score (nSPS) is 11.9. The first-order valence-electron chi connectivity index (χ1n) is 8.18. The highest BCUT2D eigenvalue weighted by atomic mass is 32.2. The summed E-state index contributed by atoms with van der Waals surface area (Å²) in [4.78, 5) is 16.4. The third-order valence-electron chi connectivity index (χ3n) is 4.00. The van der Waals surface area contributed by atoms with Crippen LogP contribution in [0.25, 0.3) is 11.1 Å². The Morgan fingerprint density at radius 2 is 1.80 bits per heavy atom. The number of hydrogen-bond acceptors (Lipinski definition) is 3. The van der Waals surface area contributed by atoms with Gasteiger partial charge >= 0.3 is 0 Å². The molecule has 0 saturated heterocycles. The molecule has 3 aromatic rings. The number of imidazole rings is 1. The van der Waals surface area contributed by atoms with Crippen LogP contribution in [0.5, 0.6) is 0 Å². The molecule has 0 unspecified atom stereocenters. The van der Waals surface area contributed by atoms with E-state index in [9.17, 15) is 4.79 Å². The summed E-state index contributed by atoms with van der Waals surface area (Å²) in [5, 5.41) is 3.88. The largest absolute Gasteiger partial charge is 0.349 e. The van der Waals surface area contributed by atoms with E-state index in [1.807, 2.05) is 42.9 Å². The number of carbonyl (C=O) groups is 1. The number of amides is 1. The van der Waals surface area contributed by atoms with Gasteiger partial charge in [-0.25, -0.2) is 4.98 Å². The highest BCUT2D eigenvalue weighted by Gasteiger charge is 2.11. The van der Waals surface area contributed by atoms with E-state index in [4.69, 9.17) is 0 Å². The van der Waals surface area contributed by atoms with Crippen LogP contribution in [0.3, 0.4) is 0 Å². The Morgan fingerprint density at radius 3 is 2.44 bits per heavy atom. The summed E-state index contributed by atoms with van der Waals surface area (Å²) in [7, 11) is 1.92. The molecule has 1 atom stereocenters. The number of rotatable bonds is 6. The average Bonchev–Trinajstić information content (AvgIpc) is 3.06. The van der Waals surface area contributed by atoms with Crippen LogP contribution in [0.15, 0.2) is 72.1 Å². The molecule has 1 heterocycles. The number of aromatic nitrogens is 2. The van der Waals surface area contributed by atoms with Gasteiger partial charge < -0.3 is 9.88 Å². The second-order valence-electron chi connectivity index (χ2n) is 5.89. The van der Waals surface area contributed by atoms with Crippen LogP contribution in [0.4, 0.5) is 0 Å². The summed E-state index contributed by atoms with van der Waals surface area (Å²) >= 11 is 1.44. The summed E-state index contributed by atoms with van der Waals surface area (Å²) in [6.07, 6.45) is 3.61. The molecular weight excluding hydrogens is 330 g/mol. The first kappa shape index (κ1) is 17.3. The quantitative estimate of drug-likeness (QED) is 0.681. The Labute approximate surface area is 152 Å². The fourth-order valence-corrected chi connectivity index (χ4v) is 3.33. The molecule has 0 aliphatic heterocycles. The van der Waals surface area contributed by atoms with Gasteiger partial charge in [0.1, 0.15) is 0 Å². The number of nitrogens with one attached hydrogen (secondary N) is 1. The van der Waals surface area contributed by atoms with Crippen molar-refractivity contribution in [3.8, 4) is 11.1 Å². The van der Waals surface area contributed by atoms with E-state index in [0.717, 1.165) is 10.7 Å². The minimum atomic E-state index is -0.0284. The van der Waals surface area contributed by atoms with Gasteiger partial charge in [-0.15, -0.1) is 0 Å². The van der Waals surface area contributed by atoms with Crippen LogP contribution in [0.1, 0.15) is 18.5 Å². The fourth-order valence-electron chi connectivity index (χ4n) is 2.58. The molecule has 0 aliphatic rings. The standard InChI is InChI=1S/C20H21N3OS/c1-15(22-19(24)14-25-20-21-12-13-23(20)2)16-8-10-18(11-9-16)17-6-4-3-5-7-17/h3-13,15H,14H2,1-2H3,(H,22,24)/t15-/m1/s1. The second kappa shape index (κ2) is 8.03. The number of nitrogens with zero attached hydrogens (tertiary/aromatic N) is 2. The lowest BCUT2D eigenvalue weighted by molar-refractivity contribution is -0.119. The Morgan fingerprint density at radius 1 is 1.12 bits per heavy atom. The van der Waals surface area contributed by atoms with Gasteiger partial charge in [0.2, 0.25) is 5.91 Å². The van der Waals surface area contributed by atoms with Crippen molar-refractivity contribution in [2.24, 2.45) is 7.05 Å². The molecule has 5 heteroatoms. The molecule has 1 N–H and O–H groups in total. The number of hydrogen-bond donors (Lipinski definition) is 1. The zero-order valence-electron chi connectivity index (χ0n) is 14.3. The predicted molar refractivity (Wildman–Crippen MR) is 102 cm³/mol. The van der Waals surface area contributed by atoms with Gasteiger partial charge in [0, 0.05) is 19.4 Å². The molecule has 128 valence electrons. The van der Waals surface area contributed by atoms with Gasteiger partial charge in [-0.05, 0) is 23.6 Å². The summed E-state index contributed by atoms with van der Waals surface area (Å²) in [5.41, 5.74) is 3.46. The maximum atomic E-state index is 12.2. The van der Waals surface area contributed by atoms with Crippen molar-refractivity contribution in [2.45, 2.75) is 18.1 Å². The summed E-state index contributed by atoms with van der Waals surface area (Å²) in [6, 6.07) is 18.6. The number of thioether (sulfide) groups is 1. The van der Waals surface area contributed by atoms with E-state index >= 15 is 0 Å². The Balaban J connectivity index is 1.56. The van der Waals surface area contributed by atoms with Crippen molar-refractivity contribution in [3.63, 3.8) is 0 Å². The molecule has 1 aromatic heterocycles. The summed E-state index contributed by atoms with van der Waals surface area (Å²) in [5.74, 6) is 0.365. The third-order valence-corrected chi connectivity index (χ3v) is 5.06. The molecular formula is C20H21N3OS. The maximum Gasteiger partial charge on any atom is 0.230 e. The number of benzene rings is 2. The zero-order valence-corrected chi connectivity index (χ0v) is 15.2. The monoisotopic (exact) mass is 351 g/mol. The van der Waals surface area contributed by atoms with Crippen LogP contribution in [0.2, 0.25) is 0 Å². The predicted octanol–water partition coefficient (Wildman–Crippen LogP) is 4.06. The summed E-state index contributed by atoms with van der Waals surface area (Å²) < 4.78 is 1.91. The molecule has 0 radical (unpaired) electrons. The lowest BCUT2D eigenvalue weighted by Crippen LogP contribution is -2.28. The molecule has 4 nitrogen and oxygen atoms in total. The first-order chi connectivity index (χ1) is 12.1. The van der Waals surface area contributed by atoms with E-state index < -0.39 is 0 Å². The molecule has 0 fully saturated rings. The minimum Gasteiger partial charge on any atom is -0.349 e. The van der Waals surface area contributed by atoms with Crippen LogP contribution >= 0.6 is 11.8 Å². The van der Waals surface area contributed by atoms with E-state index in [2.05, 4.69) is 46.7 Å². The lowest BCUT2D eigenvalue weighted by Gasteiger charge is -2.15. The molecule has 1 amide bonds. The molecule has 2 aromatic carbocycles. The van der Waals surface area contributed by atoms with Crippen molar-refractivity contribution in [1.29, 1.82) is 0 Å². The highest BCUT2D eigenvalue weighted by Crippen LogP contribution is 2.22. The SMILES string of the molecule is C[C@@H](NC(=O)CSc1nccn1C)c1ccc(-c2ccccc2)cc1. The van der Waals surface area contributed by atoms with Crippen LogP contribution in [-0.2, 0) is 11.8 Å². The van der Waals surface area contributed by atoms with Crippen molar-refractivity contribution in [3.05, 3.63) is 72.6 Å². The van der Waals surface area contributed by atoms with Crippen molar-refractivity contribution >= 4 is 17.7 Å². The molecule has 0 bridgehead atoms. The van der Waals surface area contributed by atoms with Crippen LogP contribution in [-0.4, -0.2) is 21.2 Å². The van der Waals surface area contributed by atoms with E-state index in [-0.39, 0.29) is 11.9 Å². The smallest absolute Gasteiger partial charge is 0.230 e. The van der Waals surface area contributed by atoms with Crippen molar-refractivity contribution in [2.75, 3.05) is 5.75 Å². The van der Waals surface area contributed by atoms with Crippen LogP contribution < -0.4 is 5.32 Å². The van der Waals surface area contributed by atoms with Crippen molar-refractivity contribution in [1.82, 2.24) is 14.9 Å². The summed E-state index contributed by atoms with van der Waals surface area (Å²) in [6.45, 7) is 2.00. The van der Waals surface area contributed by atoms with Gasteiger partial charge in [-0.2, -0.15) is 0 Å².